The van der Waals surface area contributed by atoms with Crippen molar-refractivity contribution in [3.63, 3.8) is 0 Å². The van der Waals surface area contributed by atoms with E-state index >= 15 is 0 Å². The predicted octanol–water partition coefficient (Wildman–Crippen LogP) is 4.00. The van der Waals surface area contributed by atoms with E-state index in [1.807, 2.05) is 0 Å². The van der Waals surface area contributed by atoms with E-state index in [2.05, 4.69) is 40.7 Å². The Labute approximate surface area is 75.6 Å². The van der Waals surface area contributed by atoms with Crippen LogP contribution in [0.3, 0.4) is 0 Å². The number of allylic oxidation sites excluding steroid dienone is 2. The summed E-state index contributed by atoms with van der Waals surface area (Å²) in [5.74, 6) is 0.541. The van der Waals surface area contributed by atoms with Crippen LogP contribution in [0.5, 0.6) is 0 Å². The number of alkyl halides is 1. The summed E-state index contributed by atoms with van der Waals surface area (Å²) in [5, 5.41) is 0. The smallest absolute Gasteiger partial charge is 0.0419 e. The Bertz CT molecular complexity index is 135. The van der Waals surface area contributed by atoms with Gasteiger partial charge in [0.25, 0.3) is 0 Å². The van der Waals surface area contributed by atoms with Gasteiger partial charge >= 0.3 is 0 Å². The van der Waals surface area contributed by atoms with Gasteiger partial charge in [-0.3, -0.25) is 0 Å². The highest BCUT2D eigenvalue weighted by atomic mass is 35.5. The summed E-state index contributed by atoms with van der Waals surface area (Å²) in [6, 6.07) is 0. The van der Waals surface area contributed by atoms with E-state index in [0.29, 0.717) is 5.92 Å². The maximum absolute atomic E-state index is 6.14. The first-order chi connectivity index (χ1) is 4.84. The highest BCUT2D eigenvalue weighted by molar-refractivity contribution is 6.23. The van der Waals surface area contributed by atoms with Crippen LogP contribution < -0.4 is 0 Å². The lowest BCUT2D eigenvalue weighted by Crippen LogP contribution is -2.20. The Balaban J connectivity index is 3.89. The Kier molecular flexibility index (Phi) is 4.17. The lowest BCUT2D eigenvalue weighted by Gasteiger charge is -2.23. The zero-order valence-corrected chi connectivity index (χ0v) is 9.00. The molecule has 0 aromatic carbocycles. The van der Waals surface area contributed by atoms with Crippen LogP contribution in [0.4, 0.5) is 0 Å². The molecular weight excluding hydrogens is 156 g/mol. The largest absolute Gasteiger partial charge is 0.120 e. The van der Waals surface area contributed by atoms with Crippen molar-refractivity contribution in [2.75, 3.05) is 0 Å². The second kappa shape index (κ2) is 4.15. The third-order valence-electron chi connectivity index (χ3n) is 2.05. The van der Waals surface area contributed by atoms with Crippen LogP contribution in [-0.4, -0.2) is 4.87 Å². The Morgan fingerprint density at radius 1 is 1.45 bits per heavy atom. The Morgan fingerprint density at radius 3 is 2.18 bits per heavy atom. The first-order valence-electron chi connectivity index (χ1n) is 4.16. The number of halogens is 1. The highest BCUT2D eigenvalue weighted by Gasteiger charge is 2.20. The molecule has 66 valence electrons. The van der Waals surface area contributed by atoms with Crippen LogP contribution >= 0.6 is 11.6 Å². The van der Waals surface area contributed by atoms with Crippen LogP contribution in [0, 0.1) is 5.92 Å². The molecule has 0 heterocycles. The van der Waals surface area contributed by atoms with E-state index in [9.17, 15) is 0 Å². The molecule has 0 saturated carbocycles. The van der Waals surface area contributed by atoms with Crippen LogP contribution in [0.2, 0.25) is 0 Å². The van der Waals surface area contributed by atoms with Crippen molar-refractivity contribution in [2.45, 2.75) is 45.9 Å². The molecule has 0 spiro atoms. The minimum atomic E-state index is -0.0774. The number of hydrogen-bond donors (Lipinski definition) is 0. The van der Waals surface area contributed by atoms with Gasteiger partial charge in [0.2, 0.25) is 0 Å². The molecular formula is C10H19Cl. The third-order valence-corrected chi connectivity index (χ3v) is 2.42. The second-order valence-electron chi connectivity index (χ2n) is 3.98. The Morgan fingerprint density at radius 2 is 1.91 bits per heavy atom. The average molecular weight is 175 g/mol. The summed E-state index contributed by atoms with van der Waals surface area (Å²) in [5.41, 5.74) is 1.37. The molecule has 0 aromatic rings. The fraction of sp³-hybridized carbons (Fsp3) is 0.800. The molecule has 0 aliphatic carbocycles. The van der Waals surface area contributed by atoms with Gasteiger partial charge in [0, 0.05) is 4.87 Å². The van der Waals surface area contributed by atoms with Gasteiger partial charge in [0.1, 0.15) is 0 Å². The molecule has 0 saturated heterocycles. The lowest BCUT2D eigenvalue weighted by atomic mass is 9.93. The lowest BCUT2D eigenvalue weighted by molar-refractivity contribution is 0.457. The van der Waals surface area contributed by atoms with Gasteiger partial charge in [-0.2, -0.15) is 0 Å². The minimum Gasteiger partial charge on any atom is -0.120 e. The van der Waals surface area contributed by atoms with E-state index in [4.69, 9.17) is 11.6 Å². The zero-order chi connectivity index (χ0) is 9.07. The van der Waals surface area contributed by atoms with Crippen molar-refractivity contribution in [2.24, 2.45) is 5.92 Å². The van der Waals surface area contributed by atoms with Crippen LogP contribution in [-0.2, 0) is 0 Å². The summed E-state index contributed by atoms with van der Waals surface area (Å²) >= 11 is 6.14. The molecule has 0 rings (SSSR count). The molecule has 0 fully saturated rings. The van der Waals surface area contributed by atoms with Crippen molar-refractivity contribution < 1.29 is 0 Å². The van der Waals surface area contributed by atoms with Crippen LogP contribution in [0.1, 0.15) is 41.0 Å². The second-order valence-corrected chi connectivity index (χ2v) is 4.96. The number of rotatable bonds is 3. The van der Waals surface area contributed by atoms with Gasteiger partial charge in [-0.15, -0.1) is 11.6 Å². The average Bonchev–Trinajstić information content (AvgIpc) is 1.80. The first kappa shape index (κ1) is 11.0. The van der Waals surface area contributed by atoms with Crippen molar-refractivity contribution in [1.29, 1.82) is 0 Å². The van der Waals surface area contributed by atoms with Gasteiger partial charge < -0.3 is 0 Å². The Hall–Kier alpha value is 0.0300. The molecule has 0 aromatic heterocycles. The van der Waals surface area contributed by atoms with Gasteiger partial charge in [-0.1, -0.05) is 18.6 Å². The molecule has 0 bridgehead atoms. The SMILES string of the molecule is CC(C)=CCC(C)C(C)(C)Cl. The van der Waals surface area contributed by atoms with Crippen molar-refractivity contribution in [3.8, 4) is 0 Å². The maximum atomic E-state index is 6.14. The zero-order valence-electron chi connectivity index (χ0n) is 8.24. The summed E-state index contributed by atoms with van der Waals surface area (Å²) in [6.45, 7) is 10.6. The molecule has 0 nitrogen and oxygen atoms in total. The van der Waals surface area contributed by atoms with Gasteiger partial charge in [0.15, 0.2) is 0 Å². The van der Waals surface area contributed by atoms with Crippen LogP contribution in [0.15, 0.2) is 11.6 Å². The maximum Gasteiger partial charge on any atom is 0.0419 e. The topological polar surface area (TPSA) is 0 Å². The van der Waals surface area contributed by atoms with Gasteiger partial charge in [-0.05, 0) is 40.0 Å². The summed E-state index contributed by atoms with van der Waals surface area (Å²) in [7, 11) is 0. The summed E-state index contributed by atoms with van der Waals surface area (Å²) in [6.07, 6.45) is 3.33. The fourth-order valence-corrected chi connectivity index (χ4v) is 0.782. The summed E-state index contributed by atoms with van der Waals surface area (Å²) < 4.78 is 0. The monoisotopic (exact) mass is 174 g/mol. The molecule has 1 atom stereocenters. The van der Waals surface area contributed by atoms with Crippen molar-refractivity contribution >= 4 is 11.6 Å². The van der Waals surface area contributed by atoms with E-state index in [0.717, 1.165) is 6.42 Å². The van der Waals surface area contributed by atoms with Gasteiger partial charge in [0.05, 0.1) is 0 Å². The molecule has 11 heavy (non-hydrogen) atoms. The normalized spacial score (nSPS) is 14.4. The van der Waals surface area contributed by atoms with E-state index in [-0.39, 0.29) is 4.87 Å². The molecule has 0 aliphatic rings. The summed E-state index contributed by atoms with van der Waals surface area (Å²) in [4.78, 5) is -0.0774. The predicted molar refractivity (Wildman–Crippen MR) is 53.1 cm³/mol. The standard InChI is InChI=1S/C10H19Cl/c1-8(2)6-7-9(3)10(4,5)11/h6,9H,7H2,1-5H3. The molecule has 1 heteroatoms. The molecule has 1 unspecified atom stereocenters. The molecule has 0 N–H and O–H groups in total. The third kappa shape index (κ3) is 5.32. The van der Waals surface area contributed by atoms with Crippen molar-refractivity contribution in [1.82, 2.24) is 0 Å². The van der Waals surface area contributed by atoms with E-state index in [1.54, 1.807) is 0 Å². The molecule has 0 radical (unpaired) electrons. The van der Waals surface area contributed by atoms with Crippen molar-refractivity contribution in [3.05, 3.63) is 11.6 Å². The van der Waals surface area contributed by atoms with Gasteiger partial charge in [-0.25, -0.2) is 0 Å². The minimum absolute atomic E-state index is 0.0774. The first-order valence-corrected chi connectivity index (χ1v) is 4.54. The fourth-order valence-electron chi connectivity index (χ4n) is 0.693. The van der Waals surface area contributed by atoms with E-state index in [1.165, 1.54) is 5.57 Å². The highest BCUT2D eigenvalue weighted by Crippen LogP contribution is 2.27. The molecule has 0 amide bonds. The quantitative estimate of drug-likeness (QED) is 0.448. The number of hydrogen-bond acceptors (Lipinski definition) is 0. The van der Waals surface area contributed by atoms with Crippen LogP contribution in [0.25, 0.3) is 0 Å². The molecule has 0 aliphatic heterocycles. The van der Waals surface area contributed by atoms with E-state index < -0.39 is 0 Å².